The number of benzene rings is 1. The van der Waals surface area contributed by atoms with Crippen LogP contribution < -0.4 is 0 Å². The second-order valence-corrected chi connectivity index (χ2v) is 9.02. The molecular weight excluding hydrogens is 370 g/mol. The van der Waals surface area contributed by atoms with E-state index in [1.54, 1.807) is 0 Å². The first kappa shape index (κ1) is 18.2. The van der Waals surface area contributed by atoms with Crippen molar-refractivity contribution in [2.24, 2.45) is 11.8 Å². The van der Waals surface area contributed by atoms with E-state index in [2.05, 4.69) is 29.8 Å². The van der Waals surface area contributed by atoms with Crippen molar-refractivity contribution in [2.75, 3.05) is 0 Å². The highest BCUT2D eigenvalue weighted by Crippen LogP contribution is 2.48. The molecule has 1 saturated heterocycles. The Morgan fingerprint density at radius 2 is 1.79 bits per heavy atom. The fraction of sp³-hybridized carbons (Fsp3) is 0.579. The number of allylic oxidation sites excluding steroid dienone is 1. The van der Waals surface area contributed by atoms with Gasteiger partial charge in [-0.05, 0) is 68.7 Å². The zero-order valence-electron chi connectivity index (χ0n) is 15.2. The van der Waals surface area contributed by atoms with Gasteiger partial charge in [-0.1, -0.05) is 41.9 Å². The SMILES string of the molecule is CC(C)C1Cc2c(Br)cccc2C1=C(F)B1OC(C)(C)C(C)(C)O1. The predicted molar refractivity (Wildman–Crippen MR) is 100 cm³/mol. The summed E-state index contributed by atoms with van der Waals surface area (Å²) in [5, 5.41) is 0. The molecule has 5 heteroatoms. The third-order valence-corrected chi connectivity index (χ3v) is 6.47. The van der Waals surface area contributed by atoms with Gasteiger partial charge in [0.15, 0.2) is 0 Å². The molecule has 0 saturated carbocycles. The van der Waals surface area contributed by atoms with Gasteiger partial charge in [-0.25, -0.2) is 4.39 Å². The fourth-order valence-electron chi connectivity index (χ4n) is 3.49. The number of hydrogen-bond acceptors (Lipinski definition) is 2. The largest absolute Gasteiger partial charge is 0.525 e. The van der Waals surface area contributed by atoms with Crippen molar-refractivity contribution in [2.45, 2.75) is 59.2 Å². The van der Waals surface area contributed by atoms with E-state index in [-0.39, 0.29) is 11.6 Å². The Morgan fingerprint density at radius 1 is 1.21 bits per heavy atom. The first-order valence-electron chi connectivity index (χ1n) is 8.58. The minimum absolute atomic E-state index is 0.137. The van der Waals surface area contributed by atoms with E-state index in [4.69, 9.17) is 9.31 Å². The van der Waals surface area contributed by atoms with Crippen LogP contribution in [0.2, 0.25) is 0 Å². The van der Waals surface area contributed by atoms with Crippen molar-refractivity contribution in [3.05, 3.63) is 39.5 Å². The van der Waals surface area contributed by atoms with Crippen LogP contribution >= 0.6 is 15.9 Å². The molecule has 0 radical (unpaired) electrons. The van der Waals surface area contributed by atoms with Crippen molar-refractivity contribution >= 4 is 28.6 Å². The summed E-state index contributed by atoms with van der Waals surface area (Å²) in [6, 6.07) is 5.98. The van der Waals surface area contributed by atoms with Crippen LogP contribution in [0.4, 0.5) is 4.39 Å². The molecule has 1 unspecified atom stereocenters. The summed E-state index contributed by atoms with van der Waals surface area (Å²) < 4.78 is 28.5. The van der Waals surface area contributed by atoms with E-state index in [0.717, 1.165) is 22.0 Å². The van der Waals surface area contributed by atoms with Crippen molar-refractivity contribution < 1.29 is 13.7 Å². The molecule has 2 aliphatic rings. The Morgan fingerprint density at radius 3 is 2.33 bits per heavy atom. The molecule has 0 bridgehead atoms. The standard InChI is InChI=1S/C19H25BBrFO2/c1-11(2)13-10-14-12(8-7-9-15(14)21)16(13)17(22)20-23-18(3,4)19(5,6)24-20/h7-9,11,13H,10H2,1-6H3. The molecule has 1 aromatic carbocycles. The molecule has 130 valence electrons. The van der Waals surface area contributed by atoms with Gasteiger partial charge in [-0.2, -0.15) is 0 Å². The van der Waals surface area contributed by atoms with Gasteiger partial charge in [0.2, 0.25) is 0 Å². The normalized spacial score (nSPS) is 26.9. The second kappa shape index (κ2) is 5.96. The highest BCUT2D eigenvalue weighted by atomic mass is 79.9. The molecule has 1 atom stereocenters. The van der Waals surface area contributed by atoms with Gasteiger partial charge in [0.1, 0.15) is 5.73 Å². The van der Waals surface area contributed by atoms with Crippen LogP contribution in [-0.4, -0.2) is 18.3 Å². The molecule has 0 amide bonds. The molecule has 3 rings (SSSR count). The molecule has 0 spiro atoms. The third kappa shape index (κ3) is 2.79. The van der Waals surface area contributed by atoms with E-state index < -0.39 is 18.3 Å². The minimum atomic E-state index is -0.934. The number of rotatable bonds is 2. The van der Waals surface area contributed by atoms with Crippen molar-refractivity contribution in [3.63, 3.8) is 0 Å². The average molecular weight is 395 g/mol. The monoisotopic (exact) mass is 394 g/mol. The lowest BCUT2D eigenvalue weighted by Crippen LogP contribution is -2.41. The molecule has 1 heterocycles. The topological polar surface area (TPSA) is 18.5 Å². The molecule has 0 N–H and O–H groups in total. The van der Waals surface area contributed by atoms with Crippen LogP contribution in [0.3, 0.4) is 0 Å². The van der Waals surface area contributed by atoms with Gasteiger partial charge in [-0.15, -0.1) is 0 Å². The van der Waals surface area contributed by atoms with Crippen LogP contribution in [-0.2, 0) is 15.7 Å². The van der Waals surface area contributed by atoms with Crippen LogP contribution in [0, 0.1) is 11.8 Å². The summed E-state index contributed by atoms with van der Waals surface area (Å²) in [5.41, 5.74) is 1.56. The lowest BCUT2D eigenvalue weighted by molar-refractivity contribution is 0.00578. The maximum atomic E-state index is 15.5. The number of fused-ring (bicyclic) bond motifs is 1. The zero-order valence-corrected chi connectivity index (χ0v) is 16.8. The fourth-order valence-corrected chi connectivity index (χ4v) is 4.02. The van der Waals surface area contributed by atoms with Crippen LogP contribution in [0.1, 0.15) is 52.7 Å². The van der Waals surface area contributed by atoms with Gasteiger partial charge in [0.25, 0.3) is 0 Å². The Kier molecular flexibility index (Phi) is 4.51. The highest BCUT2D eigenvalue weighted by molar-refractivity contribution is 9.10. The lowest BCUT2D eigenvalue weighted by Gasteiger charge is -2.32. The summed E-state index contributed by atoms with van der Waals surface area (Å²) in [7, 11) is -0.934. The number of halogens is 2. The molecule has 1 aliphatic heterocycles. The zero-order chi connectivity index (χ0) is 17.9. The summed E-state index contributed by atoms with van der Waals surface area (Å²) in [4.78, 5) is 0. The van der Waals surface area contributed by atoms with Crippen molar-refractivity contribution in [3.8, 4) is 0 Å². The smallest absolute Gasteiger partial charge is 0.398 e. The van der Waals surface area contributed by atoms with E-state index >= 15 is 4.39 Å². The maximum Gasteiger partial charge on any atom is 0.525 e. The molecule has 2 nitrogen and oxygen atoms in total. The summed E-state index contributed by atoms with van der Waals surface area (Å²) in [6.45, 7) is 12.1. The van der Waals surface area contributed by atoms with Crippen molar-refractivity contribution in [1.29, 1.82) is 0 Å². The van der Waals surface area contributed by atoms with Gasteiger partial charge < -0.3 is 9.31 Å². The lowest BCUT2D eigenvalue weighted by atomic mass is 9.78. The van der Waals surface area contributed by atoms with E-state index in [1.165, 1.54) is 5.56 Å². The first-order chi connectivity index (χ1) is 11.0. The van der Waals surface area contributed by atoms with Crippen LogP contribution in [0.15, 0.2) is 28.4 Å². The average Bonchev–Trinajstić information content (AvgIpc) is 2.95. The third-order valence-electron chi connectivity index (χ3n) is 5.73. The number of hydrogen-bond donors (Lipinski definition) is 0. The van der Waals surface area contributed by atoms with Gasteiger partial charge in [0, 0.05) is 4.47 Å². The first-order valence-corrected chi connectivity index (χ1v) is 9.37. The summed E-state index contributed by atoms with van der Waals surface area (Å²) in [5.74, 6) is 0.477. The Bertz CT molecular complexity index is 681. The van der Waals surface area contributed by atoms with E-state index in [9.17, 15) is 0 Å². The second-order valence-electron chi connectivity index (χ2n) is 8.17. The molecule has 1 aliphatic carbocycles. The minimum Gasteiger partial charge on any atom is -0.398 e. The van der Waals surface area contributed by atoms with Crippen molar-refractivity contribution in [1.82, 2.24) is 0 Å². The van der Waals surface area contributed by atoms with Gasteiger partial charge in [0.05, 0.1) is 11.2 Å². The highest BCUT2D eigenvalue weighted by Gasteiger charge is 2.54. The Balaban J connectivity index is 2.08. The van der Waals surface area contributed by atoms with E-state index in [1.807, 2.05) is 45.9 Å². The Hall–Kier alpha value is -0.645. The molecule has 1 aromatic rings. The Labute approximate surface area is 153 Å². The van der Waals surface area contributed by atoms with Gasteiger partial charge >= 0.3 is 7.12 Å². The maximum absolute atomic E-state index is 15.5. The quantitative estimate of drug-likeness (QED) is 0.608. The van der Waals surface area contributed by atoms with Crippen LogP contribution in [0.25, 0.3) is 5.57 Å². The van der Waals surface area contributed by atoms with Gasteiger partial charge in [-0.3, -0.25) is 0 Å². The summed E-state index contributed by atoms with van der Waals surface area (Å²) in [6.07, 6.45) is 0.844. The summed E-state index contributed by atoms with van der Waals surface area (Å²) >= 11 is 3.61. The molecule has 24 heavy (non-hydrogen) atoms. The van der Waals surface area contributed by atoms with Crippen LogP contribution in [0.5, 0.6) is 0 Å². The molecule has 1 fully saturated rings. The molecule has 0 aromatic heterocycles. The van der Waals surface area contributed by atoms with E-state index in [0.29, 0.717) is 5.92 Å². The molecular formula is C19H25BBrFO2. The predicted octanol–water partition coefficient (Wildman–Crippen LogP) is 5.59.